The number of alkyl halides is 3. The summed E-state index contributed by atoms with van der Waals surface area (Å²) in [5.41, 5.74) is -5.75. The van der Waals surface area contributed by atoms with Crippen molar-refractivity contribution in [3.05, 3.63) is 43.1 Å². The normalized spacial score (nSPS) is 13.0. The number of sulfonamides is 2. The van der Waals surface area contributed by atoms with Crippen LogP contribution in [0.2, 0.25) is 0 Å². The maximum absolute atomic E-state index is 12.4. The molecule has 1 aromatic carbocycles. The van der Waals surface area contributed by atoms with Gasteiger partial charge in [0.15, 0.2) is 0 Å². The average Bonchev–Trinajstić information content (AvgIpc) is 2.28. The largest absolute Gasteiger partial charge is 0.517 e. The Morgan fingerprint density at radius 2 is 1.53 bits per heavy atom. The van der Waals surface area contributed by atoms with Gasteiger partial charge in [-0.15, -0.1) is 0 Å². The van der Waals surface area contributed by atoms with E-state index in [1.165, 1.54) is 18.2 Å². The van der Waals surface area contributed by atoms with Gasteiger partial charge in [-0.05, 0) is 12.1 Å². The Balaban J connectivity index is 3.46. The van der Waals surface area contributed by atoms with E-state index in [4.69, 9.17) is 0 Å². The molecule has 0 radical (unpaired) electrons. The summed E-state index contributed by atoms with van der Waals surface area (Å²) in [6.07, 6.45) is 0.0884. The van der Waals surface area contributed by atoms with Crippen molar-refractivity contribution in [2.24, 2.45) is 0 Å². The van der Waals surface area contributed by atoms with Gasteiger partial charge in [0.05, 0.1) is 4.90 Å². The van der Waals surface area contributed by atoms with Crippen LogP contribution in [0.25, 0.3) is 0 Å². The molecule has 0 amide bonds. The van der Waals surface area contributed by atoms with Crippen LogP contribution in [0.1, 0.15) is 0 Å². The number of hydrogen-bond donors (Lipinski definition) is 0. The summed E-state index contributed by atoms with van der Waals surface area (Å²) >= 11 is 0. The first-order valence-electron chi connectivity index (χ1n) is 4.58. The van der Waals surface area contributed by atoms with Gasteiger partial charge in [0.25, 0.3) is 10.0 Å². The molecule has 1 aromatic rings. The highest BCUT2D eigenvalue weighted by molar-refractivity contribution is 8.04. The van der Waals surface area contributed by atoms with Gasteiger partial charge in [0.2, 0.25) is 0 Å². The molecule has 0 saturated heterocycles. The third kappa shape index (κ3) is 2.73. The van der Waals surface area contributed by atoms with Crippen LogP contribution in [0.4, 0.5) is 13.2 Å². The average molecular weight is 315 g/mol. The highest BCUT2D eigenvalue weighted by Crippen LogP contribution is 2.31. The van der Waals surface area contributed by atoms with Gasteiger partial charge in [-0.3, -0.25) is 0 Å². The van der Waals surface area contributed by atoms with Crippen LogP contribution in [-0.4, -0.2) is 26.1 Å². The molecule has 0 atom stereocenters. The highest BCUT2D eigenvalue weighted by atomic mass is 32.3. The number of hydrogen-bond acceptors (Lipinski definition) is 4. The van der Waals surface area contributed by atoms with Crippen molar-refractivity contribution in [1.82, 2.24) is 3.71 Å². The van der Waals surface area contributed by atoms with Gasteiger partial charge in [-0.2, -0.15) is 25.3 Å². The Kier molecular flexibility index (Phi) is 3.96. The van der Waals surface area contributed by atoms with Crippen molar-refractivity contribution in [2.75, 3.05) is 0 Å². The predicted molar refractivity (Wildman–Crippen MR) is 60.6 cm³/mol. The number of benzene rings is 1. The van der Waals surface area contributed by atoms with Gasteiger partial charge < -0.3 is 0 Å². The molecule has 0 aliphatic carbocycles. The van der Waals surface area contributed by atoms with Crippen LogP contribution in [0, 0.1) is 0 Å². The fourth-order valence-electron chi connectivity index (χ4n) is 1.12. The second-order valence-electron chi connectivity index (χ2n) is 3.18. The molecule has 0 aliphatic rings. The fourth-order valence-corrected chi connectivity index (χ4v) is 3.97. The van der Waals surface area contributed by atoms with E-state index in [0.29, 0.717) is 0 Å². The van der Waals surface area contributed by atoms with Crippen LogP contribution in [0.5, 0.6) is 0 Å². The molecule has 0 aliphatic heterocycles. The molecule has 19 heavy (non-hydrogen) atoms. The van der Waals surface area contributed by atoms with Crippen molar-refractivity contribution in [3.63, 3.8) is 0 Å². The third-order valence-corrected chi connectivity index (χ3v) is 5.83. The summed E-state index contributed by atoms with van der Waals surface area (Å²) in [5, 5.41) is 0. The maximum atomic E-state index is 12.4. The second kappa shape index (κ2) is 4.85. The quantitative estimate of drug-likeness (QED) is 0.847. The lowest BCUT2D eigenvalue weighted by Crippen LogP contribution is -2.40. The molecule has 5 nitrogen and oxygen atoms in total. The Bertz CT molecular complexity index is 665. The first kappa shape index (κ1) is 15.5. The van der Waals surface area contributed by atoms with E-state index in [1.807, 2.05) is 0 Å². The summed E-state index contributed by atoms with van der Waals surface area (Å²) in [6.45, 7) is 2.80. The minimum absolute atomic E-state index is 0.0884. The molecule has 0 unspecified atom stereocenters. The molecule has 0 N–H and O–H groups in total. The summed E-state index contributed by atoms with van der Waals surface area (Å²) in [5.74, 6) is 0. The highest BCUT2D eigenvalue weighted by Gasteiger charge is 2.53. The zero-order valence-electron chi connectivity index (χ0n) is 9.20. The third-order valence-electron chi connectivity index (χ3n) is 1.96. The van der Waals surface area contributed by atoms with Crippen molar-refractivity contribution < 1.29 is 30.0 Å². The summed E-state index contributed by atoms with van der Waals surface area (Å²) in [6, 6.07) is 5.85. The second-order valence-corrected chi connectivity index (χ2v) is 7.03. The maximum Gasteiger partial charge on any atom is 0.517 e. The fraction of sp³-hybridized carbons (Fsp3) is 0.111. The lowest BCUT2D eigenvalue weighted by Gasteiger charge is -2.20. The molecule has 106 valence electrons. The monoisotopic (exact) mass is 315 g/mol. The van der Waals surface area contributed by atoms with E-state index < -0.39 is 34.2 Å². The van der Waals surface area contributed by atoms with Crippen molar-refractivity contribution in [1.29, 1.82) is 0 Å². The van der Waals surface area contributed by atoms with Gasteiger partial charge in [0, 0.05) is 6.20 Å². The van der Waals surface area contributed by atoms with Gasteiger partial charge in [0.1, 0.15) is 0 Å². The standard InChI is InChI=1S/C9H8F3NO4S2/c1-2-13(19(16,17)9(10,11)12)18(14,15)8-6-4-3-5-7-8/h2-7H,1H2. The molecule has 0 spiro atoms. The Hall–Kier alpha value is -1.55. The van der Waals surface area contributed by atoms with Crippen molar-refractivity contribution in [2.45, 2.75) is 10.4 Å². The van der Waals surface area contributed by atoms with E-state index in [-0.39, 0.29) is 6.20 Å². The summed E-state index contributed by atoms with van der Waals surface area (Å²) < 4.78 is 82.3. The molecule has 1 rings (SSSR count). The predicted octanol–water partition coefficient (Wildman–Crippen LogP) is 1.67. The van der Waals surface area contributed by atoms with Crippen LogP contribution in [0.3, 0.4) is 0 Å². The number of nitrogens with zero attached hydrogens (tertiary/aromatic N) is 1. The minimum Gasteiger partial charge on any atom is -0.200 e. The Morgan fingerprint density at radius 1 is 1.05 bits per heavy atom. The van der Waals surface area contributed by atoms with Crippen LogP contribution >= 0.6 is 0 Å². The van der Waals surface area contributed by atoms with Crippen LogP contribution in [-0.2, 0) is 20.0 Å². The topological polar surface area (TPSA) is 71.5 Å². The first-order chi connectivity index (χ1) is 8.55. The van der Waals surface area contributed by atoms with E-state index in [9.17, 15) is 30.0 Å². The first-order valence-corrected chi connectivity index (χ1v) is 7.46. The lowest BCUT2D eigenvalue weighted by atomic mass is 10.4. The van der Waals surface area contributed by atoms with Crippen molar-refractivity contribution >= 4 is 20.0 Å². The van der Waals surface area contributed by atoms with Crippen molar-refractivity contribution in [3.8, 4) is 0 Å². The zero-order valence-corrected chi connectivity index (χ0v) is 10.8. The molecule has 0 saturated carbocycles. The van der Waals surface area contributed by atoms with Crippen LogP contribution in [0.15, 0.2) is 48.0 Å². The Morgan fingerprint density at radius 3 is 1.89 bits per heavy atom. The zero-order chi connectivity index (χ0) is 14.9. The van der Waals surface area contributed by atoms with E-state index in [1.54, 1.807) is 0 Å². The van der Waals surface area contributed by atoms with Crippen LogP contribution < -0.4 is 0 Å². The number of halogens is 3. The van der Waals surface area contributed by atoms with Gasteiger partial charge in [-0.1, -0.05) is 24.8 Å². The SMILES string of the molecule is C=CN(S(=O)(=O)c1ccccc1)S(=O)(=O)C(F)(F)F. The molecular formula is C9H8F3NO4S2. The lowest BCUT2D eigenvalue weighted by molar-refractivity contribution is -0.0462. The smallest absolute Gasteiger partial charge is 0.200 e. The minimum atomic E-state index is -6.07. The molecule has 0 aromatic heterocycles. The Labute approximate surface area is 108 Å². The van der Waals surface area contributed by atoms with E-state index in [2.05, 4.69) is 6.58 Å². The van der Waals surface area contributed by atoms with E-state index in [0.717, 1.165) is 12.1 Å². The summed E-state index contributed by atoms with van der Waals surface area (Å²) in [4.78, 5) is -0.595. The van der Waals surface area contributed by atoms with Gasteiger partial charge in [-0.25, -0.2) is 8.42 Å². The summed E-state index contributed by atoms with van der Waals surface area (Å²) in [7, 11) is -11.0. The molecule has 10 heteroatoms. The molecular weight excluding hydrogens is 307 g/mol. The molecule has 0 heterocycles. The van der Waals surface area contributed by atoms with Gasteiger partial charge >= 0.3 is 15.5 Å². The number of rotatable bonds is 4. The molecule has 0 fully saturated rings. The van der Waals surface area contributed by atoms with E-state index >= 15 is 0 Å². The molecule has 0 bridgehead atoms.